The van der Waals surface area contributed by atoms with Gasteiger partial charge in [-0.3, -0.25) is 9.59 Å². The summed E-state index contributed by atoms with van der Waals surface area (Å²) in [5.74, 6) is -1.50. The van der Waals surface area contributed by atoms with Gasteiger partial charge in [0.1, 0.15) is 9.84 Å². The molecule has 0 bridgehead atoms. The van der Waals surface area contributed by atoms with Gasteiger partial charge in [-0.05, 0) is 12.8 Å². The van der Waals surface area contributed by atoms with Gasteiger partial charge in [-0.1, -0.05) is 0 Å². The van der Waals surface area contributed by atoms with E-state index in [0.717, 1.165) is 0 Å². The maximum Gasteiger partial charge on any atom is 0.305 e. The fourth-order valence-corrected chi connectivity index (χ4v) is 3.55. The van der Waals surface area contributed by atoms with Crippen LogP contribution in [-0.2, 0) is 19.4 Å². The van der Waals surface area contributed by atoms with E-state index in [0.29, 0.717) is 0 Å². The zero-order chi connectivity index (χ0) is 12.4. The van der Waals surface area contributed by atoms with Crippen LogP contribution in [0, 0.1) is 0 Å². The molecule has 6 nitrogen and oxygen atoms in total. The standard InChI is InChI=1S/C9H15NO5S/c1-7(11)10-9(6-8(12)13)2-4-16(14,15)5-3-9/h2-6H2,1H3,(H,10,11)(H,12,13). The van der Waals surface area contributed by atoms with Gasteiger partial charge in [0.2, 0.25) is 5.91 Å². The number of carboxylic acid groups (broad SMARTS) is 1. The first-order valence-corrected chi connectivity index (χ1v) is 6.78. The Hall–Kier alpha value is -1.11. The summed E-state index contributed by atoms with van der Waals surface area (Å²) in [6.07, 6.45) is 0.102. The van der Waals surface area contributed by atoms with Crippen molar-refractivity contribution in [2.75, 3.05) is 11.5 Å². The van der Waals surface area contributed by atoms with Gasteiger partial charge in [-0.2, -0.15) is 0 Å². The number of nitrogens with one attached hydrogen (secondary N) is 1. The van der Waals surface area contributed by atoms with Crippen molar-refractivity contribution in [3.63, 3.8) is 0 Å². The molecule has 1 saturated heterocycles. The molecule has 0 aromatic carbocycles. The molecule has 1 aliphatic heterocycles. The Morgan fingerprint density at radius 2 is 1.81 bits per heavy atom. The van der Waals surface area contributed by atoms with Gasteiger partial charge < -0.3 is 10.4 Å². The first-order chi connectivity index (χ1) is 7.25. The maximum absolute atomic E-state index is 11.2. The normalized spacial score (nSPS) is 22.3. The predicted octanol–water partition coefficient (Wildman–Crippen LogP) is -0.455. The van der Waals surface area contributed by atoms with Crippen molar-refractivity contribution in [3.05, 3.63) is 0 Å². The molecule has 2 N–H and O–H groups in total. The van der Waals surface area contributed by atoms with E-state index < -0.39 is 21.3 Å². The topological polar surface area (TPSA) is 101 Å². The van der Waals surface area contributed by atoms with Gasteiger partial charge in [-0.25, -0.2) is 8.42 Å². The van der Waals surface area contributed by atoms with Gasteiger partial charge in [0.15, 0.2) is 0 Å². The summed E-state index contributed by atoms with van der Waals surface area (Å²) in [5, 5.41) is 11.4. The first-order valence-electron chi connectivity index (χ1n) is 4.96. The van der Waals surface area contributed by atoms with Crippen molar-refractivity contribution in [1.82, 2.24) is 5.32 Å². The fraction of sp³-hybridized carbons (Fsp3) is 0.778. The molecule has 1 fully saturated rings. The zero-order valence-electron chi connectivity index (χ0n) is 9.02. The summed E-state index contributed by atoms with van der Waals surface area (Å²) in [6.45, 7) is 1.30. The minimum Gasteiger partial charge on any atom is -0.481 e. The summed E-state index contributed by atoms with van der Waals surface area (Å²) in [6, 6.07) is 0. The lowest BCUT2D eigenvalue weighted by Gasteiger charge is -2.36. The van der Waals surface area contributed by atoms with Crippen molar-refractivity contribution < 1.29 is 23.1 Å². The van der Waals surface area contributed by atoms with Crippen LogP contribution >= 0.6 is 0 Å². The van der Waals surface area contributed by atoms with Crippen molar-refractivity contribution >= 4 is 21.7 Å². The van der Waals surface area contributed by atoms with E-state index in [9.17, 15) is 18.0 Å². The van der Waals surface area contributed by atoms with Crippen LogP contribution in [0.15, 0.2) is 0 Å². The fourth-order valence-electron chi connectivity index (χ4n) is 1.94. The number of carbonyl (C=O) groups excluding carboxylic acids is 1. The molecule has 0 saturated carbocycles. The zero-order valence-corrected chi connectivity index (χ0v) is 9.84. The highest BCUT2D eigenvalue weighted by Crippen LogP contribution is 2.27. The lowest BCUT2D eigenvalue weighted by atomic mass is 9.88. The van der Waals surface area contributed by atoms with E-state index in [-0.39, 0.29) is 36.7 Å². The van der Waals surface area contributed by atoms with Crippen LogP contribution in [0.25, 0.3) is 0 Å². The Bertz CT molecular complexity index is 368. The van der Waals surface area contributed by atoms with E-state index in [2.05, 4.69) is 5.32 Å². The van der Waals surface area contributed by atoms with Gasteiger partial charge in [0, 0.05) is 6.92 Å². The molecule has 1 aliphatic rings. The molecule has 7 heteroatoms. The average Bonchev–Trinajstić information content (AvgIpc) is 2.09. The number of rotatable bonds is 3. The van der Waals surface area contributed by atoms with E-state index in [1.165, 1.54) is 6.92 Å². The molecular weight excluding hydrogens is 234 g/mol. The second-order valence-corrected chi connectivity index (χ2v) is 6.49. The number of amides is 1. The van der Waals surface area contributed by atoms with Gasteiger partial charge in [0.05, 0.1) is 23.5 Å². The largest absolute Gasteiger partial charge is 0.481 e. The Labute approximate surface area is 93.9 Å². The molecule has 0 atom stereocenters. The summed E-state index contributed by atoms with van der Waals surface area (Å²) in [5.41, 5.74) is -0.900. The molecule has 0 aromatic rings. The van der Waals surface area contributed by atoms with Gasteiger partial charge >= 0.3 is 5.97 Å². The van der Waals surface area contributed by atoms with Crippen LogP contribution in [0.2, 0.25) is 0 Å². The Morgan fingerprint density at radius 3 is 2.19 bits per heavy atom. The van der Waals surface area contributed by atoms with Gasteiger partial charge in [0.25, 0.3) is 0 Å². The van der Waals surface area contributed by atoms with E-state index >= 15 is 0 Å². The van der Waals surface area contributed by atoms with Crippen molar-refractivity contribution in [1.29, 1.82) is 0 Å². The van der Waals surface area contributed by atoms with Crippen molar-refractivity contribution in [2.45, 2.75) is 31.7 Å². The number of sulfone groups is 1. The highest BCUT2D eigenvalue weighted by atomic mass is 32.2. The second-order valence-electron chi connectivity index (χ2n) is 4.18. The molecule has 0 aromatic heterocycles. The number of hydrogen-bond acceptors (Lipinski definition) is 4. The number of aliphatic carboxylic acids is 1. The quantitative estimate of drug-likeness (QED) is 0.705. The number of hydrogen-bond donors (Lipinski definition) is 2. The van der Waals surface area contributed by atoms with Crippen LogP contribution in [0.1, 0.15) is 26.2 Å². The number of carbonyl (C=O) groups is 2. The third-order valence-corrected chi connectivity index (χ3v) is 4.37. The highest BCUT2D eigenvalue weighted by molar-refractivity contribution is 7.91. The Morgan fingerprint density at radius 1 is 1.31 bits per heavy atom. The molecule has 0 unspecified atom stereocenters. The monoisotopic (exact) mass is 249 g/mol. The van der Waals surface area contributed by atoms with Crippen LogP contribution < -0.4 is 5.32 Å². The van der Waals surface area contributed by atoms with Crippen LogP contribution in [0.4, 0.5) is 0 Å². The van der Waals surface area contributed by atoms with Crippen LogP contribution in [0.3, 0.4) is 0 Å². The second kappa shape index (κ2) is 4.40. The summed E-state index contributed by atoms with van der Waals surface area (Å²) in [7, 11) is -3.07. The molecule has 0 spiro atoms. The highest BCUT2D eigenvalue weighted by Gasteiger charge is 2.39. The molecule has 92 valence electrons. The molecular formula is C9H15NO5S. The molecule has 0 radical (unpaired) electrons. The molecule has 1 heterocycles. The van der Waals surface area contributed by atoms with E-state index in [1.54, 1.807) is 0 Å². The molecule has 1 amide bonds. The minimum absolute atomic E-state index is 0.0689. The first kappa shape index (κ1) is 13.0. The lowest BCUT2D eigenvalue weighted by Crippen LogP contribution is -2.53. The summed E-state index contributed by atoms with van der Waals surface area (Å²) >= 11 is 0. The third-order valence-electron chi connectivity index (χ3n) is 2.71. The van der Waals surface area contributed by atoms with Crippen molar-refractivity contribution in [3.8, 4) is 0 Å². The maximum atomic E-state index is 11.2. The third kappa shape index (κ3) is 3.48. The van der Waals surface area contributed by atoms with E-state index in [4.69, 9.17) is 5.11 Å². The molecule has 0 aliphatic carbocycles. The van der Waals surface area contributed by atoms with Crippen LogP contribution in [-0.4, -0.2) is 42.4 Å². The number of carboxylic acids is 1. The van der Waals surface area contributed by atoms with Gasteiger partial charge in [-0.15, -0.1) is 0 Å². The molecule has 1 rings (SSSR count). The summed E-state index contributed by atoms with van der Waals surface area (Å²) in [4.78, 5) is 21.7. The molecule has 16 heavy (non-hydrogen) atoms. The van der Waals surface area contributed by atoms with E-state index in [1.807, 2.05) is 0 Å². The Balaban J connectivity index is 2.81. The smallest absolute Gasteiger partial charge is 0.305 e. The lowest BCUT2D eigenvalue weighted by molar-refractivity contribution is -0.139. The van der Waals surface area contributed by atoms with Crippen molar-refractivity contribution in [2.24, 2.45) is 0 Å². The minimum atomic E-state index is -3.07. The predicted molar refractivity (Wildman–Crippen MR) is 56.7 cm³/mol. The van der Waals surface area contributed by atoms with Crippen LogP contribution in [0.5, 0.6) is 0 Å². The SMILES string of the molecule is CC(=O)NC1(CC(=O)O)CCS(=O)(=O)CC1. The summed E-state index contributed by atoms with van der Waals surface area (Å²) < 4.78 is 22.5. The Kier molecular flexibility index (Phi) is 3.57. The average molecular weight is 249 g/mol.